The van der Waals surface area contributed by atoms with E-state index in [1.807, 2.05) is 0 Å². The number of sulfonamides is 1. The fourth-order valence-electron chi connectivity index (χ4n) is 2.45. The van der Waals surface area contributed by atoms with Crippen molar-refractivity contribution in [3.05, 3.63) is 70.4 Å². The lowest BCUT2D eigenvalue weighted by molar-refractivity contribution is 0.102. The summed E-state index contributed by atoms with van der Waals surface area (Å²) in [4.78, 5) is 12.5. The summed E-state index contributed by atoms with van der Waals surface area (Å²) < 4.78 is 32.1. The molecule has 146 valence electrons. The molecular weight excluding hydrogens is 402 g/mol. The Kier molecular flexibility index (Phi) is 5.44. The highest BCUT2D eigenvalue weighted by Gasteiger charge is 2.23. The van der Waals surface area contributed by atoms with Crippen LogP contribution < -0.4 is 9.62 Å². The number of carbonyl (C=O) groups is 1. The minimum atomic E-state index is -3.86. The normalized spacial score (nSPS) is 11.3. The van der Waals surface area contributed by atoms with Gasteiger partial charge in [-0.15, -0.1) is 0 Å². The standard InChI is InChI=1S/C19H18ClN3O4S/c1-12-13(2)22-27-19(12)21-18(24)14-5-4-6-17(11-14)28(25,26)23(3)16-9-7-15(20)8-10-16/h4-11H,1-3H3,(H,21,24). The van der Waals surface area contributed by atoms with E-state index >= 15 is 0 Å². The molecule has 9 heteroatoms. The Balaban J connectivity index is 1.88. The second-order valence-corrected chi connectivity index (χ2v) is 8.56. The Hall–Kier alpha value is -2.84. The second kappa shape index (κ2) is 7.65. The number of nitrogens with zero attached hydrogens (tertiary/aromatic N) is 2. The molecule has 0 aliphatic heterocycles. The van der Waals surface area contributed by atoms with Crippen LogP contribution in [-0.2, 0) is 10.0 Å². The summed E-state index contributed by atoms with van der Waals surface area (Å²) in [5.74, 6) is -0.264. The number of hydrogen-bond donors (Lipinski definition) is 1. The third-order valence-electron chi connectivity index (χ3n) is 4.33. The Labute approximate surface area is 168 Å². The molecule has 1 heterocycles. The van der Waals surface area contributed by atoms with Crippen LogP contribution in [0.5, 0.6) is 0 Å². The fourth-order valence-corrected chi connectivity index (χ4v) is 3.82. The first-order chi connectivity index (χ1) is 13.2. The third kappa shape index (κ3) is 3.88. The molecule has 28 heavy (non-hydrogen) atoms. The summed E-state index contributed by atoms with van der Waals surface area (Å²) >= 11 is 5.86. The maximum absolute atomic E-state index is 12.9. The lowest BCUT2D eigenvalue weighted by Crippen LogP contribution is -2.26. The molecule has 0 saturated heterocycles. The summed E-state index contributed by atoms with van der Waals surface area (Å²) in [6, 6.07) is 12.2. The van der Waals surface area contributed by atoms with Crippen molar-refractivity contribution in [3.63, 3.8) is 0 Å². The molecule has 0 unspecified atom stereocenters. The largest absolute Gasteiger partial charge is 0.338 e. The fraction of sp³-hybridized carbons (Fsp3) is 0.158. The molecule has 0 fully saturated rings. The number of aromatic nitrogens is 1. The van der Waals surface area contributed by atoms with Crippen molar-refractivity contribution in [1.29, 1.82) is 0 Å². The number of amides is 1. The quantitative estimate of drug-likeness (QED) is 0.674. The zero-order chi connectivity index (χ0) is 20.5. The Morgan fingerprint density at radius 2 is 1.82 bits per heavy atom. The molecule has 0 saturated carbocycles. The summed E-state index contributed by atoms with van der Waals surface area (Å²) in [5.41, 5.74) is 2.00. The SMILES string of the molecule is Cc1noc(NC(=O)c2cccc(S(=O)(=O)N(C)c3ccc(Cl)cc3)c2)c1C. The van der Waals surface area contributed by atoms with Gasteiger partial charge in [0.05, 0.1) is 16.3 Å². The van der Waals surface area contributed by atoms with E-state index < -0.39 is 15.9 Å². The van der Waals surface area contributed by atoms with E-state index in [9.17, 15) is 13.2 Å². The van der Waals surface area contributed by atoms with Gasteiger partial charge in [-0.05, 0) is 56.3 Å². The molecule has 1 amide bonds. The maximum Gasteiger partial charge on any atom is 0.264 e. The van der Waals surface area contributed by atoms with Crippen molar-refractivity contribution in [2.75, 3.05) is 16.7 Å². The average molecular weight is 420 g/mol. The van der Waals surface area contributed by atoms with Crippen molar-refractivity contribution in [2.45, 2.75) is 18.7 Å². The molecule has 0 spiro atoms. The first-order valence-corrected chi connectivity index (χ1v) is 10.1. The van der Waals surface area contributed by atoms with Gasteiger partial charge in [0.1, 0.15) is 0 Å². The molecule has 0 atom stereocenters. The minimum Gasteiger partial charge on any atom is -0.338 e. The predicted molar refractivity (Wildman–Crippen MR) is 107 cm³/mol. The van der Waals surface area contributed by atoms with Crippen LogP contribution in [0.2, 0.25) is 5.02 Å². The zero-order valence-electron chi connectivity index (χ0n) is 15.4. The smallest absolute Gasteiger partial charge is 0.264 e. The molecule has 1 N–H and O–H groups in total. The van der Waals surface area contributed by atoms with Gasteiger partial charge in [0.2, 0.25) is 5.88 Å². The molecule has 3 aromatic rings. The van der Waals surface area contributed by atoms with E-state index in [0.29, 0.717) is 22.0 Å². The monoisotopic (exact) mass is 419 g/mol. The Bertz CT molecular complexity index is 1120. The first-order valence-electron chi connectivity index (χ1n) is 8.29. The molecule has 3 rings (SSSR count). The van der Waals surface area contributed by atoms with E-state index in [2.05, 4.69) is 10.5 Å². The van der Waals surface area contributed by atoms with Gasteiger partial charge >= 0.3 is 0 Å². The van der Waals surface area contributed by atoms with Gasteiger partial charge in [0.15, 0.2) is 0 Å². The van der Waals surface area contributed by atoms with E-state index in [1.165, 1.54) is 31.3 Å². The highest BCUT2D eigenvalue weighted by atomic mass is 35.5. The number of halogens is 1. The van der Waals surface area contributed by atoms with Crippen LogP contribution in [0.1, 0.15) is 21.6 Å². The van der Waals surface area contributed by atoms with Crippen LogP contribution >= 0.6 is 11.6 Å². The number of hydrogen-bond acceptors (Lipinski definition) is 5. The molecule has 2 aromatic carbocycles. The number of rotatable bonds is 5. The van der Waals surface area contributed by atoms with E-state index in [-0.39, 0.29) is 16.3 Å². The summed E-state index contributed by atoms with van der Waals surface area (Å²) in [6.45, 7) is 3.53. The lowest BCUT2D eigenvalue weighted by Gasteiger charge is -2.20. The minimum absolute atomic E-state index is 0.0110. The number of aryl methyl sites for hydroxylation is 1. The van der Waals surface area contributed by atoms with Crippen molar-refractivity contribution < 1.29 is 17.7 Å². The van der Waals surface area contributed by atoms with E-state index in [0.717, 1.165) is 4.31 Å². The van der Waals surface area contributed by atoms with Gasteiger partial charge in [-0.2, -0.15) is 0 Å². The van der Waals surface area contributed by atoms with E-state index in [1.54, 1.807) is 38.1 Å². The summed E-state index contributed by atoms with van der Waals surface area (Å²) in [5, 5.41) is 6.89. The number of anilines is 2. The highest BCUT2D eigenvalue weighted by molar-refractivity contribution is 7.92. The summed E-state index contributed by atoms with van der Waals surface area (Å²) in [7, 11) is -2.43. The van der Waals surface area contributed by atoms with E-state index in [4.69, 9.17) is 16.1 Å². The van der Waals surface area contributed by atoms with Crippen LogP contribution in [0.25, 0.3) is 0 Å². The third-order valence-corrected chi connectivity index (χ3v) is 6.36. The second-order valence-electron chi connectivity index (χ2n) is 6.15. The van der Waals surface area contributed by atoms with Crippen molar-refractivity contribution in [3.8, 4) is 0 Å². The van der Waals surface area contributed by atoms with Crippen molar-refractivity contribution >= 4 is 39.1 Å². The van der Waals surface area contributed by atoms with Crippen molar-refractivity contribution in [1.82, 2.24) is 5.16 Å². The molecule has 0 radical (unpaired) electrons. The van der Waals surface area contributed by atoms with Gasteiger partial charge < -0.3 is 4.52 Å². The zero-order valence-corrected chi connectivity index (χ0v) is 17.0. The Morgan fingerprint density at radius 3 is 2.43 bits per heavy atom. The van der Waals surface area contributed by atoms with Gasteiger partial charge in [-0.1, -0.05) is 22.8 Å². The molecule has 0 bridgehead atoms. The van der Waals surface area contributed by atoms with Crippen LogP contribution in [-0.4, -0.2) is 26.5 Å². The first kappa shape index (κ1) is 19.9. The van der Waals surface area contributed by atoms with Gasteiger partial charge in [0, 0.05) is 23.2 Å². The van der Waals surface area contributed by atoms with Crippen LogP contribution in [0, 0.1) is 13.8 Å². The molecule has 0 aliphatic rings. The van der Waals surface area contributed by atoms with Crippen LogP contribution in [0.4, 0.5) is 11.6 Å². The van der Waals surface area contributed by atoms with Gasteiger partial charge in [-0.25, -0.2) is 8.42 Å². The lowest BCUT2D eigenvalue weighted by atomic mass is 10.2. The predicted octanol–water partition coefficient (Wildman–Crippen LogP) is 4.02. The van der Waals surface area contributed by atoms with Gasteiger partial charge in [-0.3, -0.25) is 14.4 Å². The number of benzene rings is 2. The number of carbonyl (C=O) groups excluding carboxylic acids is 1. The number of nitrogens with one attached hydrogen (secondary N) is 1. The van der Waals surface area contributed by atoms with Crippen LogP contribution in [0.15, 0.2) is 57.9 Å². The molecular formula is C19H18ClN3O4S. The maximum atomic E-state index is 12.9. The van der Waals surface area contributed by atoms with Gasteiger partial charge in [0.25, 0.3) is 15.9 Å². The molecule has 1 aromatic heterocycles. The van der Waals surface area contributed by atoms with Crippen LogP contribution in [0.3, 0.4) is 0 Å². The molecule has 7 nitrogen and oxygen atoms in total. The van der Waals surface area contributed by atoms with Crippen molar-refractivity contribution in [2.24, 2.45) is 0 Å². The average Bonchev–Trinajstić information content (AvgIpc) is 3.00. The highest BCUT2D eigenvalue weighted by Crippen LogP contribution is 2.25. The Morgan fingerprint density at radius 1 is 1.14 bits per heavy atom. The summed E-state index contributed by atoms with van der Waals surface area (Å²) in [6.07, 6.45) is 0. The topological polar surface area (TPSA) is 92.5 Å². The molecule has 0 aliphatic carbocycles.